The van der Waals surface area contributed by atoms with Crippen molar-refractivity contribution in [1.82, 2.24) is 5.32 Å². The summed E-state index contributed by atoms with van der Waals surface area (Å²) in [6.07, 6.45) is 3.76. The van der Waals surface area contributed by atoms with Crippen molar-refractivity contribution >= 4 is 23.6 Å². The highest BCUT2D eigenvalue weighted by Gasteiger charge is 2.43. The molecule has 0 unspecified atom stereocenters. The summed E-state index contributed by atoms with van der Waals surface area (Å²) in [6, 6.07) is 0. The van der Waals surface area contributed by atoms with Crippen molar-refractivity contribution in [1.29, 1.82) is 0 Å². The molecule has 0 aromatic rings. The predicted octanol–water partition coefficient (Wildman–Crippen LogP) is 1.02. The van der Waals surface area contributed by atoms with E-state index in [0.717, 1.165) is 25.0 Å². The van der Waals surface area contributed by atoms with E-state index >= 15 is 0 Å². The molecule has 0 aromatic carbocycles. The van der Waals surface area contributed by atoms with Gasteiger partial charge in [0.25, 0.3) is 0 Å². The second-order valence-corrected chi connectivity index (χ2v) is 6.04. The Kier molecular flexibility index (Phi) is 4.50. The van der Waals surface area contributed by atoms with E-state index in [9.17, 15) is 14.7 Å². The molecule has 0 radical (unpaired) electrons. The van der Waals surface area contributed by atoms with Crippen LogP contribution in [0, 0.1) is 0 Å². The lowest BCUT2D eigenvalue weighted by molar-refractivity contribution is -0.147. The van der Waals surface area contributed by atoms with Gasteiger partial charge in [0.2, 0.25) is 5.91 Å². The number of carbonyl (C=O) groups is 2. The van der Waals surface area contributed by atoms with Gasteiger partial charge in [-0.1, -0.05) is 0 Å². The Hall–Kier alpha value is -0.750. The first kappa shape index (κ1) is 13.7. The largest absolute Gasteiger partial charge is 0.479 e. The summed E-state index contributed by atoms with van der Waals surface area (Å²) in [7, 11) is 0. The summed E-state index contributed by atoms with van der Waals surface area (Å²) in [5, 5.41) is 12.0. The highest BCUT2D eigenvalue weighted by molar-refractivity contribution is 7.99. The number of carboxylic acid groups (broad SMARTS) is 1. The Labute approximate surface area is 111 Å². The van der Waals surface area contributed by atoms with E-state index in [1.165, 1.54) is 0 Å². The molecule has 1 amide bonds. The van der Waals surface area contributed by atoms with Crippen LogP contribution in [0.2, 0.25) is 0 Å². The summed E-state index contributed by atoms with van der Waals surface area (Å²) in [4.78, 5) is 23.2. The molecule has 2 rings (SSSR count). The van der Waals surface area contributed by atoms with Gasteiger partial charge in [-0.15, -0.1) is 0 Å². The van der Waals surface area contributed by atoms with Gasteiger partial charge in [0.15, 0.2) is 0 Å². The second kappa shape index (κ2) is 5.93. The van der Waals surface area contributed by atoms with Crippen LogP contribution in [-0.4, -0.2) is 46.7 Å². The molecule has 0 bridgehead atoms. The number of aliphatic carboxylic acids is 1. The zero-order valence-electron chi connectivity index (χ0n) is 10.3. The van der Waals surface area contributed by atoms with Gasteiger partial charge in [-0.2, -0.15) is 11.8 Å². The van der Waals surface area contributed by atoms with E-state index in [1.807, 2.05) is 0 Å². The fraction of sp³-hybridized carbons (Fsp3) is 0.833. The summed E-state index contributed by atoms with van der Waals surface area (Å²) >= 11 is 1.57. The molecule has 0 spiro atoms. The van der Waals surface area contributed by atoms with Crippen molar-refractivity contribution in [3.8, 4) is 0 Å². The van der Waals surface area contributed by atoms with Gasteiger partial charge in [-0.25, -0.2) is 4.79 Å². The van der Waals surface area contributed by atoms with E-state index in [1.54, 1.807) is 11.8 Å². The van der Waals surface area contributed by atoms with E-state index in [4.69, 9.17) is 4.74 Å². The second-order valence-electron chi connectivity index (χ2n) is 4.93. The Bertz CT molecular complexity index is 322. The van der Waals surface area contributed by atoms with Gasteiger partial charge >= 0.3 is 5.97 Å². The number of nitrogens with one attached hydrogen (secondary N) is 1. The average Bonchev–Trinajstić information content (AvgIpc) is 2.80. The molecule has 2 N–H and O–H groups in total. The molecule has 0 aromatic heterocycles. The highest BCUT2D eigenvalue weighted by atomic mass is 32.2. The molecular formula is C12H19NO4S. The van der Waals surface area contributed by atoms with Crippen LogP contribution < -0.4 is 5.32 Å². The zero-order chi connectivity index (χ0) is 13.0. The minimum Gasteiger partial charge on any atom is -0.479 e. The number of rotatable bonds is 4. The Morgan fingerprint density at radius 1 is 1.44 bits per heavy atom. The van der Waals surface area contributed by atoms with Crippen LogP contribution in [0.25, 0.3) is 0 Å². The lowest BCUT2D eigenvalue weighted by Crippen LogP contribution is -2.55. The fourth-order valence-electron chi connectivity index (χ4n) is 2.38. The normalized spacial score (nSPS) is 32.1. The molecule has 0 aliphatic carbocycles. The highest BCUT2D eigenvalue weighted by Crippen LogP contribution is 2.28. The molecule has 2 aliphatic heterocycles. The van der Waals surface area contributed by atoms with Gasteiger partial charge in [-0.05, 0) is 31.4 Å². The van der Waals surface area contributed by atoms with Gasteiger partial charge in [0.05, 0.1) is 12.5 Å². The monoisotopic (exact) mass is 273 g/mol. The average molecular weight is 273 g/mol. The van der Waals surface area contributed by atoms with Crippen LogP contribution in [0.4, 0.5) is 0 Å². The number of thioether (sulfide) groups is 1. The number of amides is 1. The van der Waals surface area contributed by atoms with Crippen molar-refractivity contribution < 1.29 is 19.4 Å². The molecule has 102 valence electrons. The predicted molar refractivity (Wildman–Crippen MR) is 68.7 cm³/mol. The van der Waals surface area contributed by atoms with Crippen molar-refractivity contribution in [3.05, 3.63) is 0 Å². The van der Waals surface area contributed by atoms with Gasteiger partial charge < -0.3 is 15.2 Å². The van der Waals surface area contributed by atoms with Crippen molar-refractivity contribution in [3.63, 3.8) is 0 Å². The quantitative estimate of drug-likeness (QED) is 0.800. The van der Waals surface area contributed by atoms with E-state index < -0.39 is 11.5 Å². The van der Waals surface area contributed by atoms with Crippen LogP contribution in [-0.2, 0) is 14.3 Å². The smallest absolute Gasteiger partial charge is 0.330 e. The van der Waals surface area contributed by atoms with Gasteiger partial charge in [0.1, 0.15) is 5.54 Å². The Morgan fingerprint density at radius 3 is 2.83 bits per heavy atom. The molecule has 5 nitrogen and oxygen atoms in total. The third-order valence-electron chi connectivity index (χ3n) is 3.50. The van der Waals surface area contributed by atoms with Crippen LogP contribution >= 0.6 is 11.8 Å². The Balaban J connectivity index is 1.87. The van der Waals surface area contributed by atoms with E-state index in [0.29, 0.717) is 18.8 Å². The van der Waals surface area contributed by atoms with Gasteiger partial charge in [-0.3, -0.25) is 4.79 Å². The molecule has 2 aliphatic rings. The standard InChI is InChI=1S/C12H19NO4S/c14-10(7-9-3-1-2-5-17-9)13-12(11(15)16)4-6-18-8-12/h9H,1-8H2,(H,13,14)(H,15,16)/t9-,12+/m1/s1. The van der Waals surface area contributed by atoms with Crippen molar-refractivity contribution in [2.75, 3.05) is 18.1 Å². The molecule has 18 heavy (non-hydrogen) atoms. The number of carbonyl (C=O) groups excluding carboxylic acids is 1. The summed E-state index contributed by atoms with van der Waals surface area (Å²) in [6.45, 7) is 0.706. The number of hydrogen-bond acceptors (Lipinski definition) is 4. The summed E-state index contributed by atoms with van der Waals surface area (Å²) in [5.74, 6) is 0.115. The lowest BCUT2D eigenvalue weighted by Gasteiger charge is -2.27. The maximum Gasteiger partial charge on any atom is 0.330 e. The molecule has 2 fully saturated rings. The molecule has 6 heteroatoms. The lowest BCUT2D eigenvalue weighted by atomic mass is 9.98. The first-order valence-corrected chi connectivity index (χ1v) is 7.52. The first-order chi connectivity index (χ1) is 8.62. The molecule has 2 saturated heterocycles. The first-order valence-electron chi connectivity index (χ1n) is 6.36. The number of ether oxygens (including phenoxy) is 1. The topological polar surface area (TPSA) is 75.6 Å². The van der Waals surface area contributed by atoms with Crippen molar-refractivity contribution in [2.24, 2.45) is 0 Å². The Morgan fingerprint density at radius 2 is 2.28 bits per heavy atom. The third-order valence-corrected chi connectivity index (χ3v) is 4.69. The maximum atomic E-state index is 11.9. The van der Waals surface area contributed by atoms with E-state index in [2.05, 4.69) is 5.32 Å². The van der Waals surface area contributed by atoms with Gasteiger partial charge in [0, 0.05) is 12.4 Å². The van der Waals surface area contributed by atoms with Crippen LogP contribution in [0.3, 0.4) is 0 Å². The minimum atomic E-state index is -1.06. The van der Waals surface area contributed by atoms with Crippen molar-refractivity contribution in [2.45, 2.75) is 43.7 Å². The number of carboxylic acids is 1. The van der Waals surface area contributed by atoms with Crippen LogP contribution in [0.5, 0.6) is 0 Å². The molecular weight excluding hydrogens is 254 g/mol. The molecule has 0 saturated carbocycles. The summed E-state index contributed by atoms with van der Waals surface area (Å²) in [5.41, 5.74) is -1.06. The zero-order valence-corrected chi connectivity index (χ0v) is 11.1. The third kappa shape index (κ3) is 3.17. The summed E-state index contributed by atoms with van der Waals surface area (Å²) < 4.78 is 5.49. The van der Waals surface area contributed by atoms with Crippen LogP contribution in [0.1, 0.15) is 32.1 Å². The maximum absolute atomic E-state index is 11.9. The van der Waals surface area contributed by atoms with Crippen LogP contribution in [0.15, 0.2) is 0 Å². The SMILES string of the molecule is O=C(C[C@H]1CCCCO1)N[C@@]1(C(=O)O)CCSC1. The fourth-order valence-corrected chi connectivity index (χ4v) is 3.70. The number of hydrogen-bond donors (Lipinski definition) is 2. The molecule has 2 atom stereocenters. The molecule has 2 heterocycles. The minimum absolute atomic E-state index is 0.0429. The van der Waals surface area contributed by atoms with E-state index in [-0.39, 0.29) is 18.4 Å².